The molecule has 0 spiro atoms. The SMILES string of the molecule is O=Cc1cc(OC(F)(F)F)cc(C(O)C(O)CS)c1. The van der Waals surface area contributed by atoms with Crippen molar-refractivity contribution in [3.8, 4) is 5.75 Å². The molecule has 2 atom stereocenters. The maximum absolute atomic E-state index is 12.1. The number of alkyl halides is 3. The molecule has 106 valence electrons. The van der Waals surface area contributed by atoms with E-state index in [-0.39, 0.29) is 16.9 Å². The Bertz CT molecular complexity index is 450. The summed E-state index contributed by atoms with van der Waals surface area (Å²) in [6.07, 6.45) is -7.34. The molecule has 19 heavy (non-hydrogen) atoms. The lowest BCUT2D eigenvalue weighted by molar-refractivity contribution is -0.274. The van der Waals surface area contributed by atoms with Crippen LogP contribution in [0.4, 0.5) is 13.2 Å². The zero-order valence-electron chi connectivity index (χ0n) is 9.46. The Labute approximate surface area is 112 Å². The smallest absolute Gasteiger partial charge is 0.406 e. The van der Waals surface area contributed by atoms with E-state index in [1.165, 1.54) is 0 Å². The third-order valence-electron chi connectivity index (χ3n) is 2.21. The van der Waals surface area contributed by atoms with Crippen molar-refractivity contribution in [1.82, 2.24) is 0 Å². The molecule has 4 nitrogen and oxygen atoms in total. The Hall–Kier alpha value is -1.25. The monoisotopic (exact) mass is 296 g/mol. The second-order valence-corrected chi connectivity index (χ2v) is 4.06. The van der Waals surface area contributed by atoms with Gasteiger partial charge in [0.2, 0.25) is 0 Å². The number of ether oxygens (including phenoxy) is 1. The van der Waals surface area contributed by atoms with Crippen LogP contribution in [0.2, 0.25) is 0 Å². The fourth-order valence-corrected chi connectivity index (χ4v) is 1.60. The molecule has 0 bridgehead atoms. The standard InChI is InChI=1S/C11H11F3O4S/c12-11(13,14)18-8-2-6(4-15)1-7(3-8)10(17)9(16)5-19/h1-4,9-10,16-17,19H,5H2. The Morgan fingerprint density at radius 3 is 2.42 bits per heavy atom. The van der Waals surface area contributed by atoms with Gasteiger partial charge in [0, 0.05) is 11.3 Å². The fourth-order valence-electron chi connectivity index (χ4n) is 1.40. The van der Waals surface area contributed by atoms with Crippen LogP contribution in [0.25, 0.3) is 0 Å². The van der Waals surface area contributed by atoms with E-state index in [9.17, 15) is 28.2 Å². The lowest BCUT2D eigenvalue weighted by Crippen LogP contribution is -2.21. The van der Waals surface area contributed by atoms with Gasteiger partial charge < -0.3 is 14.9 Å². The van der Waals surface area contributed by atoms with Crippen LogP contribution in [0.1, 0.15) is 22.0 Å². The summed E-state index contributed by atoms with van der Waals surface area (Å²) >= 11 is 3.76. The predicted octanol–water partition coefficient (Wildman–Crippen LogP) is 1.72. The molecule has 0 amide bonds. The van der Waals surface area contributed by atoms with Crippen LogP contribution >= 0.6 is 12.6 Å². The highest BCUT2D eigenvalue weighted by molar-refractivity contribution is 7.80. The largest absolute Gasteiger partial charge is 0.573 e. The molecule has 1 aromatic rings. The van der Waals surface area contributed by atoms with Crippen molar-refractivity contribution in [2.75, 3.05) is 5.75 Å². The quantitative estimate of drug-likeness (QED) is 0.572. The maximum atomic E-state index is 12.1. The number of aldehydes is 1. The Morgan fingerprint density at radius 1 is 1.32 bits per heavy atom. The highest BCUT2D eigenvalue weighted by Crippen LogP contribution is 2.28. The Kier molecular flexibility index (Phi) is 5.21. The van der Waals surface area contributed by atoms with Crippen LogP contribution in [0.3, 0.4) is 0 Å². The molecule has 2 unspecified atom stereocenters. The molecule has 2 N–H and O–H groups in total. The number of carbonyl (C=O) groups excluding carboxylic acids is 1. The normalized spacial score (nSPS) is 14.8. The minimum absolute atomic E-state index is 0.0644. The first kappa shape index (κ1) is 15.8. The number of benzene rings is 1. The molecule has 0 aliphatic carbocycles. The summed E-state index contributed by atoms with van der Waals surface area (Å²) in [6.45, 7) is 0. The predicted molar refractivity (Wildman–Crippen MR) is 63.3 cm³/mol. The molecule has 0 aliphatic heterocycles. The molecule has 0 heterocycles. The summed E-state index contributed by atoms with van der Waals surface area (Å²) in [7, 11) is 0. The van der Waals surface area contributed by atoms with Gasteiger partial charge in [0.15, 0.2) is 0 Å². The van der Waals surface area contributed by atoms with E-state index in [0.717, 1.165) is 18.2 Å². The van der Waals surface area contributed by atoms with Crippen LogP contribution in [-0.2, 0) is 0 Å². The van der Waals surface area contributed by atoms with E-state index < -0.39 is 24.3 Å². The third-order valence-corrected chi connectivity index (χ3v) is 2.59. The van der Waals surface area contributed by atoms with E-state index in [4.69, 9.17) is 0 Å². The average Bonchev–Trinajstić information content (AvgIpc) is 2.34. The Morgan fingerprint density at radius 2 is 1.95 bits per heavy atom. The maximum Gasteiger partial charge on any atom is 0.573 e. The number of hydrogen-bond donors (Lipinski definition) is 3. The Balaban J connectivity index is 3.11. The van der Waals surface area contributed by atoms with Crippen LogP contribution in [0.5, 0.6) is 5.75 Å². The number of rotatable bonds is 5. The van der Waals surface area contributed by atoms with E-state index in [2.05, 4.69) is 17.4 Å². The number of aliphatic hydroxyl groups is 2. The van der Waals surface area contributed by atoms with Crippen molar-refractivity contribution in [1.29, 1.82) is 0 Å². The van der Waals surface area contributed by atoms with E-state index in [1.807, 2.05) is 0 Å². The summed E-state index contributed by atoms with van der Waals surface area (Å²) in [5.74, 6) is -0.736. The molecule has 0 aromatic heterocycles. The topological polar surface area (TPSA) is 66.8 Å². The number of carbonyl (C=O) groups is 1. The van der Waals surface area contributed by atoms with Crippen molar-refractivity contribution in [2.45, 2.75) is 18.6 Å². The van der Waals surface area contributed by atoms with Crippen LogP contribution in [0, 0.1) is 0 Å². The number of aliphatic hydroxyl groups excluding tert-OH is 2. The van der Waals surface area contributed by atoms with Crippen LogP contribution < -0.4 is 4.74 Å². The van der Waals surface area contributed by atoms with Crippen LogP contribution in [-0.4, -0.2) is 34.7 Å². The molecule has 0 aliphatic rings. The van der Waals surface area contributed by atoms with Gasteiger partial charge >= 0.3 is 6.36 Å². The van der Waals surface area contributed by atoms with E-state index in [0.29, 0.717) is 6.29 Å². The van der Waals surface area contributed by atoms with Crippen molar-refractivity contribution in [3.63, 3.8) is 0 Å². The summed E-state index contributed by atoms with van der Waals surface area (Å²) in [5.41, 5.74) is -0.174. The summed E-state index contributed by atoms with van der Waals surface area (Å²) in [5, 5.41) is 19.1. The minimum atomic E-state index is -4.91. The van der Waals surface area contributed by atoms with Gasteiger partial charge in [-0.1, -0.05) is 0 Å². The highest BCUT2D eigenvalue weighted by atomic mass is 32.1. The summed E-state index contributed by atoms with van der Waals surface area (Å²) in [4.78, 5) is 10.6. The molecule has 1 aromatic carbocycles. The van der Waals surface area contributed by atoms with Crippen molar-refractivity contribution in [3.05, 3.63) is 29.3 Å². The molecule has 1 rings (SSSR count). The lowest BCUT2D eigenvalue weighted by Gasteiger charge is -2.18. The molecule has 0 radical (unpaired) electrons. The second kappa shape index (κ2) is 6.27. The van der Waals surface area contributed by atoms with Gasteiger partial charge in [-0.05, 0) is 23.8 Å². The molecule has 0 saturated heterocycles. The average molecular weight is 296 g/mol. The van der Waals surface area contributed by atoms with Crippen molar-refractivity contribution >= 4 is 18.9 Å². The van der Waals surface area contributed by atoms with E-state index >= 15 is 0 Å². The summed E-state index contributed by atoms with van der Waals surface area (Å²) < 4.78 is 40.0. The first-order valence-electron chi connectivity index (χ1n) is 5.09. The third kappa shape index (κ3) is 4.73. The van der Waals surface area contributed by atoms with Gasteiger partial charge in [0.1, 0.15) is 18.1 Å². The highest BCUT2D eigenvalue weighted by Gasteiger charge is 2.31. The van der Waals surface area contributed by atoms with Crippen LogP contribution in [0.15, 0.2) is 18.2 Å². The number of hydrogen-bond acceptors (Lipinski definition) is 5. The molecule has 8 heteroatoms. The summed E-state index contributed by atoms with van der Waals surface area (Å²) in [6, 6.07) is 2.94. The van der Waals surface area contributed by atoms with Crippen molar-refractivity contribution in [2.24, 2.45) is 0 Å². The molecule has 0 fully saturated rings. The second-order valence-electron chi connectivity index (χ2n) is 3.70. The van der Waals surface area contributed by atoms with Gasteiger partial charge in [-0.25, -0.2) is 0 Å². The van der Waals surface area contributed by atoms with Crippen molar-refractivity contribution < 1.29 is 32.9 Å². The molecular formula is C11H11F3O4S. The zero-order valence-corrected chi connectivity index (χ0v) is 10.4. The zero-order chi connectivity index (χ0) is 14.6. The van der Waals surface area contributed by atoms with Gasteiger partial charge in [-0.15, -0.1) is 13.2 Å². The first-order chi connectivity index (χ1) is 8.76. The number of thiol groups is 1. The van der Waals surface area contributed by atoms with E-state index in [1.54, 1.807) is 0 Å². The van der Waals surface area contributed by atoms with Gasteiger partial charge in [0.05, 0.1) is 6.10 Å². The number of halogens is 3. The fraction of sp³-hybridized carbons (Fsp3) is 0.364. The van der Waals surface area contributed by atoms with Gasteiger partial charge in [-0.2, -0.15) is 12.6 Å². The lowest BCUT2D eigenvalue weighted by atomic mass is 10.0. The first-order valence-corrected chi connectivity index (χ1v) is 5.73. The molecular weight excluding hydrogens is 285 g/mol. The van der Waals surface area contributed by atoms with Gasteiger partial charge in [0.25, 0.3) is 0 Å². The minimum Gasteiger partial charge on any atom is -0.406 e. The van der Waals surface area contributed by atoms with Gasteiger partial charge in [-0.3, -0.25) is 4.79 Å². The molecule has 0 saturated carbocycles.